The summed E-state index contributed by atoms with van der Waals surface area (Å²) in [6.45, 7) is 8.43. The number of ether oxygens (including phenoxy) is 1. The highest BCUT2D eigenvalue weighted by molar-refractivity contribution is 5.80. The minimum absolute atomic E-state index is 0.0540. The van der Waals surface area contributed by atoms with Crippen molar-refractivity contribution in [2.45, 2.75) is 32.9 Å². The number of aliphatic hydroxyl groups excluding tert-OH is 1. The molecule has 0 atom stereocenters. The Hall–Kier alpha value is -3.73. The molecule has 0 radical (unpaired) electrons. The van der Waals surface area contributed by atoms with Crippen molar-refractivity contribution in [2.75, 3.05) is 56.6 Å². The van der Waals surface area contributed by atoms with E-state index in [0.29, 0.717) is 25.2 Å². The first-order valence-corrected chi connectivity index (χ1v) is 13.6. The standard InChI is InChI=1S/C29H37N7O3/c1-21-16-25(23(7-13-37)32-18-21)33-19-22-5-6-24-27(17-22)36(20-26-28(38)4-2-8-30-26)29(34-24)31-9-3-10-35-11-14-39-15-12-35/h2,4-6,8,16-18,33,37-38H,3,7,9-15,19-20H2,1H3,(H,31,34). The fourth-order valence-electron chi connectivity index (χ4n) is 4.85. The van der Waals surface area contributed by atoms with E-state index in [1.807, 2.05) is 19.2 Å². The first kappa shape index (κ1) is 26.9. The number of imidazole rings is 1. The zero-order chi connectivity index (χ0) is 27.0. The molecule has 10 heteroatoms. The van der Waals surface area contributed by atoms with Gasteiger partial charge in [-0.25, -0.2) is 4.98 Å². The van der Waals surface area contributed by atoms with Crippen molar-refractivity contribution in [1.29, 1.82) is 0 Å². The number of aryl methyl sites for hydroxylation is 1. The maximum absolute atomic E-state index is 10.4. The number of aliphatic hydroxyl groups is 1. The summed E-state index contributed by atoms with van der Waals surface area (Å²) in [4.78, 5) is 16.2. The summed E-state index contributed by atoms with van der Waals surface area (Å²) in [6, 6.07) is 11.7. The van der Waals surface area contributed by atoms with E-state index in [2.05, 4.69) is 48.3 Å². The van der Waals surface area contributed by atoms with Crippen LogP contribution in [0.25, 0.3) is 11.0 Å². The lowest BCUT2D eigenvalue weighted by Gasteiger charge is -2.26. The van der Waals surface area contributed by atoms with Gasteiger partial charge < -0.3 is 30.2 Å². The fraction of sp³-hybridized carbons (Fsp3) is 0.414. The van der Waals surface area contributed by atoms with Gasteiger partial charge in [-0.1, -0.05) is 6.07 Å². The number of pyridine rings is 2. The van der Waals surface area contributed by atoms with Gasteiger partial charge in [-0.05, 0) is 61.3 Å². The second-order valence-corrected chi connectivity index (χ2v) is 9.88. The smallest absolute Gasteiger partial charge is 0.204 e. The third kappa shape index (κ3) is 6.83. The van der Waals surface area contributed by atoms with Crippen molar-refractivity contribution in [3.05, 3.63) is 71.3 Å². The number of hydrogen-bond acceptors (Lipinski definition) is 9. The number of fused-ring (bicyclic) bond motifs is 1. The van der Waals surface area contributed by atoms with E-state index in [4.69, 9.17) is 9.72 Å². The van der Waals surface area contributed by atoms with Gasteiger partial charge in [-0.2, -0.15) is 0 Å². The fourth-order valence-corrected chi connectivity index (χ4v) is 4.85. The maximum atomic E-state index is 10.4. The van der Waals surface area contributed by atoms with E-state index in [1.54, 1.807) is 18.3 Å². The number of hydrogen-bond donors (Lipinski definition) is 4. The molecule has 0 amide bonds. The van der Waals surface area contributed by atoms with E-state index in [-0.39, 0.29) is 12.4 Å². The van der Waals surface area contributed by atoms with Crippen LogP contribution in [0.3, 0.4) is 0 Å². The van der Waals surface area contributed by atoms with Gasteiger partial charge in [0.2, 0.25) is 5.95 Å². The largest absolute Gasteiger partial charge is 0.506 e. The lowest BCUT2D eigenvalue weighted by atomic mass is 10.1. The molecule has 1 aromatic carbocycles. The van der Waals surface area contributed by atoms with Gasteiger partial charge in [-0.15, -0.1) is 0 Å². The molecule has 4 N–H and O–H groups in total. The van der Waals surface area contributed by atoms with Crippen LogP contribution in [0.15, 0.2) is 48.8 Å². The van der Waals surface area contributed by atoms with Crippen LogP contribution in [0.2, 0.25) is 0 Å². The lowest BCUT2D eigenvalue weighted by Crippen LogP contribution is -2.37. The van der Waals surface area contributed by atoms with Gasteiger partial charge in [0.15, 0.2) is 0 Å². The Balaban J connectivity index is 1.36. The molecule has 206 valence electrons. The minimum Gasteiger partial charge on any atom is -0.506 e. The van der Waals surface area contributed by atoms with Crippen LogP contribution in [0, 0.1) is 6.92 Å². The summed E-state index contributed by atoms with van der Waals surface area (Å²) < 4.78 is 7.53. The summed E-state index contributed by atoms with van der Waals surface area (Å²) in [5.41, 5.74) is 6.37. The predicted molar refractivity (Wildman–Crippen MR) is 152 cm³/mol. The number of morpholine rings is 1. The molecular weight excluding hydrogens is 494 g/mol. The molecule has 0 saturated carbocycles. The Labute approximate surface area is 228 Å². The van der Waals surface area contributed by atoms with E-state index < -0.39 is 0 Å². The van der Waals surface area contributed by atoms with Crippen molar-refractivity contribution in [1.82, 2.24) is 24.4 Å². The molecule has 4 aromatic rings. The van der Waals surface area contributed by atoms with Crippen molar-refractivity contribution >= 4 is 22.7 Å². The van der Waals surface area contributed by atoms with E-state index in [0.717, 1.165) is 85.3 Å². The lowest BCUT2D eigenvalue weighted by molar-refractivity contribution is 0.0378. The van der Waals surface area contributed by atoms with E-state index in [9.17, 15) is 10.2 Å². The summed E-state index contributed by atoms with van der Waals surface area (Å²) in [5.74, 6) is 0.925. The second-order valence-electron chi connectivity index (χ2n) is 9.88. The van der Waals surface area contributed by atoms with Crippen molar-refractivity contribution in [3.63, 3.8) is 0 Å². The number of anilines is 2. The number of benzene rings is 1. The van der Waals surface area contributed by atoms with E-state index in [1.165, 1.54) is 0 Å². The first-order valence-electron chi connectivity index (χ1n) is 13.6. The monoisotopic (exact) mass is 531 g/mol. The van der Waals surface area contributed by atoms with Gasteiger partial charge in [0.1, 0.15) is 11.4 Å². The quantitative estimate of drug-likeness (QED) is 0.204. The Morgan fingerprint density at radius 2 is 1.92 bits per heavy atom. The van der Waals surface area contributed by atoms with Crippen LogP contribution >= 0.6 is 0 Å². The average molecular weight is 532 g/mol. The summed E-state index contributed by atoms with van der Waals surface area (Å²) in [7, 11) is 0. The number of nitrogens with one attached hydrogen (secondary N) is 2. The van der Waals surface area contributed by atoms with Gasteiger partial charge in [0.05, 0.1) is 42.2 Å². The molecule has 1 saturated heterocycles. The maximum Gasteiger partial charge on any atom is 0.204 e. The third-order valence-corrected chi connectivity index (χ3v) is 6.96. The molecule has 0 unspecified atom stereocenters. The number of aromatic nitrogens is 4. The van der Waals surface area contributed by atoms with Crippen molar-refractivity contribution in [3.8, 4) is 5.75 Å². The van der Waals surface area contributed by atoms with Crippen LogP contribution < -0.4 is 10.6 Å². The highest BCUT2D eigenvalue weighted by Crippen LogP contribution is 2.25. The Bertz CT molecular complexity index is 1380. The van der Waals surface area contributed by atoms with Crippen LogP contribution in [0.4, 0.5) is 11.6 Å². The third-order valence-electron chi connectivity index (χ3n) is 6.96. The topological polar surface area (TPSA) is 121 Å². The molecule has 10 nitrogen and oxygen atoms in total. The molecule has 4 heterocycles. The van der Waals surface area contributed by atoms with Crippen molar-refractivity contribution in [2.24, 2.45) is 0 Å². The zero-order valence-electron chi connectivity index (χ0n) is 22.4. The normalized spacial score (nSPS) is 14.1. The van der Waals surface area contributed by atoms with Gasteiger partial charge in [0, 0.05) is 51.6 Å². The minimum atomic E-state index is 0.0540. The Kier molecular flexibility index (Phi) is 8.87. The molecule has 1 aliphatic heterocycles. The van der Waals surface area contributed by atoms with Crippen molar-refractivity contribution < 1.29 is 14.9 Å². The summed E-state index contributed by atoms with van der Waals surface area (Å²) in [5, 5.41) is 26.9. The van der Waals surface area contributed by atoms with Gasteiger partial charge in [-0.3, -0.25) is 14.9 Å². The molecule has 5 rings (SSSR count). The summed E-state index contributed by atoms with van der Waals surface area (Å²) >= 11 is 0. The number of nitrogens with zero attached hydrogens (tertiary/aromatic N) is 5. The predicted octanol–water partition coefficient (Wildman–Crippen LogP) is 3.17. The summed E-state index contributed by atoms with van der Waals surface area (Å²) in [6.07, 6.45) is 5.01. The SMILES string of the molecule is Cc1cnc(CCO)c(NCc2ccc3nc(NCCCN4CCOCC4)n(Cc4ncccc4O)c3c2)c1. The average Bonchev–Trinajstić information content (AvgIpc) is 3.29. The van der Waals surface area contributed by atoms with Crippen LogP contribution in [-0.4, -0.2) is 80.6 Å². The molecule has 39 heavy (non-hydrogen) atoms. The molecular formula is C29H37N7O3. The Morgan fingerprint density at radius 1 is 1.05 bits per heavy atom. The van der Waals surface area contributed by atoms with Crippen LogP contribution in [0.5, 0.6) is 5.75 Å². The molecule has 0 aliphatic carbocycles. The zero-order valence-corrected chi connectivity index (χ0v) is 22.4. The number of rotatable bonds is 12. The molecule has 0 spiro atoms. The second kappa shape index (κ2) is 12.9. The molecule has 1 aliphatic rings. The highest BCUT2D eigenvalue weighted by atomic mass is 16.5. The Morgan fingerprint density at radius 3 is 2.74 bits per heavy atom. The molecule has 0 bridgehead atoms. The molecule has 3 aromatic heterocycles. The van der Waals surface area contributed by atoms with Gasteiger partial charge in [0.25, 0.3) is 0 Å². The highest BCUT2D eigenvalue weighted by Gasteiger charge is 2.15. The molecule has 1 fully saturated rings. The van der Waals surface area contributed by atoms with Crippen LogP contribution in [-0.2, 0) is 24.2 Å². The number of aromatic hydroxyl groups is 1. The van der Waals surface area contributed by atoms with Crippen LogP contribution in [0.1, 0.15) is 28.9 Å². The first-order chi connectivity index (χ1) is 19.1. The van der Waals surface area contributed by atoms with Gasteiger partial charge >= 0.3 is 0 Å². The van der Waals surface area contributed by atoms with E-state index >= 15 is 0 Å².